The van der Waals surface area contributed by atoms with Crippen molar-refractivity contribution in [1.29, 1.82) is 0 Å². The molecule has 49 nitrogen and oxygen atoms in total. The standard InChI is InChI=1S/C60H101N3O46/c1-13(72)61-25-34(81)45(21(9-69)94-52(25)92)103-53-26(62-14(2)73)35(82)47(23(11-71)100-53)105-58-44(91)49(107-59-50(39(86)30(77)18(6-66)98-59)108-54-27(63-15(3)74)36(83)46(22(10-70)101-54)104-56-41(88)37(84)28(75)16(4-64)96-56)33(80)24(102-58)12-93-55-43(90)48(32(79)20(8-68)95-55)106-60-51(40(87)31(78)19(7-67)99-60)109-57-42(89)38(85)29(76)17(5-65)97-57/h16-60,64-71,75-92H,4-12H2,1-3H3,(H,61,72)(H,62,73)(H,63,74)/t16-,17-,18-,19-,20-,21-,22-,23-,24-,25-,26-,27-,28+,29-,30-,31-,32-,33-,34-,35-,36-,37+,38+,39+,40+,41-,42+,43+,44+,45-,46-,47-,48+,49+,50+,51+,52-,53+,54+,55+,56+,57-,58+,59-,60-/m1/s1. The summed E-state index contributed by atoms with van der Waals surface area (Å²) in [5.74, 6) is -2.67. The summed E-state index contributed by atoms with van der Waals surface area (Å²) in [6, 6.07) is -5.50. The monoisotopic (exact) mass is 1600 g/mol. The summed E-state index contributed by atoms with van der Waals surface area (Å²) in [5, 5.41) is 294. The van der Waals surface area contributed by atoms with Crippen molar-refractivity contribution in [2.45, 2.75) is 297 Å². The molecule has 9 rings (SSSR count). The molecule has 0 aromatic heterocycles. The average Bonchev–Trinajstić information content (AvgIpc) is 0.773. The predicted molar refractivity (Wildman–Crippen MR) is 332 cm³/mol. The van der Waals surface area contributed by atoms with E-state index in [1.165, 1.54) is 0 Å². The van der Waals surface area contributed by atoms with E-state index in [4.69, 9.17) is 80.5 Å². The van der Waals surface area contributed by atoms with Gasteiger partial charge in [-0.05, 0) is 0 Å². The zero-order valence-electron chi connectivity index (χ0n) is 58.1. The Morgan fingerprint density at radius 3 is 0.881 bits per heavy atom. The molecule has 0 spiro atoms. The van der Waals surface area contributed by atoms with Crippen LogP contribution in [0.1, 0.15) is 20.8 Å². The number of hydrogen-bond acceptors (Lipinski definition) is 46. The van der Waals surface area contributed by atoms with Crippen molar-refractivity contribution in [3.63, 3.8) is 0 Å². The van der Waals surface area contributed by atoms with Crippen LogP contribution >= 0.6 is 0 Å². The van der Waals surface area contributed by atoms with Crippen molar-refractivity contribution in [1.82, 2.24) is 16.0 Å². The highest BCUT2D eigenvalue weighted by molar-refractivity contribution is 5.74. The van der Waals surface area contributed by atoms with Crippen molar-refractivity contribution in [3.05, 3.63) is 0 Å². The van der Waals surface area contributed by atoms with E-state index in [9.17, 15) is 147 Å². The largest absolute Gasteiger partial charge is 0.394 e. The van der Waals surface area contributed by atoms with Crippen molar-refractivity contribution < 1.29 is 228 Å². The number of aliphatic hydroxyl groups excluding tert-OH is 26. The second-order valence-corrected chi connectivity index (χ2v) is 27.4. The zero-order valence-corrected chi connectivity index (χ0v) is 58.1. The predicted octanol–water partition coefficient (Wildman–Crippen LogP) is -20.2. The third-order valence-electron chi connectivity index (χ3n) is 20.0. The van der Waals surface area contributed by atoms with Crippen LogP contribution < -0.4 is 16.0 Å². The van der Waals surface area contributed by atoms with Gasteiger partial charge in [-0.15, -0.1) is 0 Å². The molecule has 29 N–H and O–H groups in total. The molecule has 9 fully saturated rings. The van der Waals surface area contributed by atoms with E-state index in [1.807, 2.05) is 0 Å². The Labute approximate surface area is 616 Å². The smallest absolute Gasteiger partial charge is 0.217 e. The fourth-order valence-corrected chi connectivity index (χ4v) is 14.0. The first-order valence-electron chi connectivity index (χ1n) is 34.6. The Morgan fingerprint density at radius 1 is 0.239 bits per heavy atom. The summed E-state index contributed by atoms with van der Waals surface area (Å²) in [6.45, 7) is -6.93. The van der Waals surface area contributed by atoms with Gasteiger partial charge in [0.2, 0.25) is 17.7 Å². The Kier molecular flexibility index (Phi) is 32.1. The molecule has 109 heavy (non-hydrogen) atoms. The number of ether oxygens (including phenoxy) is 17. The highest BCUT2D eigenvalue weighted by Crippen LogP contribution is 2.40. The number of amides is 3. The SMILES string of the molecule is CC(=O)N[C@@H]1[C@@H](O)[C@H](O[C@@H]2O[C@H](CO)[C@@H](O[C@@H]3O[C@H](CO[C@H]4O[C@H](CO)[C@@H](O)[C@H](O[C@H]5O[C@H](CO)[C@@H](O)[C@H](O)[C@@H]5O[C@H]5O[C@H](CO)[C@@H](O)[C@H](O)[C@@H]5O)[C@@H]4O)[C@@H](O)[C@H](O[C@H]4O[C@H](CO)[C@@H](O)[C@H](O)[C@@H]4O[C@@H]4O[C@H](CO)[C@@H](O[C@@H]5O[C@H](CO)[C@H](O)[C@H](O)[C@H]5O)[C@H](O)[C@H]4NC(C)=O)[C@@H]3O)[C@H](O)[C@H]2NC(C)=O)[C@@H](CO)O[C@H]1O. The number of aliphatic hydroxyl groups is 26. The van der Waals surface area contributed by atoms with Gasteiger partial charge in [0.05, 0.1) is 59.5 Å². The van der Waals surface area contributed by atoms with Crippen LogP contribution in [0.25, 0.3) is 0 Å². The second-order valence-electron chi connectivity index (χ2n) is 27.4. The molecule has 45 atom stereocenters. The van der Waals surface area contributed by atoms with Gasteiger partial charge >= 0.3 is 0 Å². The summed E-state index contributed by atoms with van der Waals surface area (Å²) in [5.41, 5.74) is 0. The first kappa shape index (κ1) is 89.6. The third-order valence-corrected chi connectivity index (χ3v) is 20.0. The van der Waals surface area contributed by atoms with Crippen molar-refractivity contribution in [3.8, 4) is 0 Å². The van der Waals surface area contributed by atoms with E-state index in [2.05, 4.69) is 16.0 Å². The van der Waals surface area contributed by atoms with E-state index in [1.54, 1.807) is 0 Å². The van der Waals surface area contributed by atoms with E-state index < -0.39 is 353 Å². The normalized spacial score (nSPS) is 50.0. The van der Waals surface area contributed by atoms with Crippen molar-refractivity contribution >= 4 is 17.7 Å². The Balaban J connectivity index is 1.04. The topological polar surface area (TPSA) is 770 Å². The number of rotatable bonds is 28. The Morgan fingerprint density at radius 2 is 0.495 bits per heavy atom. The number of nitrogens with one attached hydrogen (secondary N) is 3. The number of carbonyl (C=O) groups excluding carboxylic acids is 3. The minimum Gasteiger partial charge on any atom is -0.394 e. The minimum atomic E-state index is -2.56. The van der Waals surface area contributed by atoms with Crippen LogP contribution in [0.2, 0.25) is 0 Å². The molecule has 9 saturated heterocycles. The highest BCUT2D eigenvalue weighted by atomic mass is 16.8. The lowest BCUT2D eigenvalue weighted by Gasteiger charge is -2.51. The fourth-order valence-electron chi connectivity index (χ4n) is 14.0. The maximum absolute atomic E-state index is 12.9. The molecule has 0 saturated carbocycles. The molecule has 0 unspecified atom stereocenters. The van der Waals surface area contributed by atoms with Crippen LogP contribution in [-0.2, 0) is 94.9 Å². The third kappa shape index (κ3) is 19.5. The van der Waals surface area contributed by atoms with E-state index in [-0.39, 0.29) is 0 Å². The van der Waals surface area contributed by atoms with Gasteiger partial charge in [0.1, 0.15) is 220 Å². The number of carbonyl (C=O) groups is 3. The molecule has 9 aliphatic heterocycles. The van der Waals surface area contributed by atoms with Crippen LogP contribution in [0.15, 0.2) is 0 Å². The Hall–Kier alpha value is -3.31. The van der Waals surface area contributed by atoms with E-state index >= 15 is 0 Å². The van der Waals surface area contributed by atoms with E-state index in [0.29, 0.717) is 0 Å². The summed E-state index contributed by atoms with van der Waals surface area (Å²) in [6.07, 6.45) is -87.7. The molecule has 3 amide bonds. The van der Waals surface area contributed by atoms with Crippen LogP contribution in [0.3, 0.4) is 0 Å². The molecule has 9 aliphatic rings. The van der Waals surface area contributed by atoms with Gasteiger partial charge in [-0.2, -0.15) is 0 Å². The van der Waals surface area contributed by atoms with Gasteiger partial charge in [-0.3, -0.25) is 14.4 Å². The lowest BCUT2D eigenvalue weighted by molar-refractivity contribution is -0.400. The Bertz CT molecular complexity index is 2840. The molecular formula is C60H101N3O46. The van der Waals surface area contributed by atoms with Gasteiger partial charge in [0.15, 0.2) is 56.6 Å². The zero-order chi connectivity index (χ0) is 80.2. The average molecular weight is 1600 g/mol. The molecule has 0 radical (unpaired) electrons. The maximum atomic E-state index is 12.9. The molecule has 0 aromatic carbocycles. The summed E-state index contributed by atoms with van der Waals surface area (Å²) in [7, 11) is 0. The molecule has 0 aromatic rings. The highest BCUT2D eigenvalue weighted by Gasteiger charge is 2.61. The lowest BCUT2D eigenvalue weighted by atomic mass is 9.93. The van der Waals surface area contributed by atoms with Gasteiger partial charge < -0.3 is 229 Å². The first-order chi connectivity index (χ1) is 51.6. The van der Waals surface area contributed by atoms with Crippen molar-refractivity contribution in [2.75, 3.05) is 59.5 Å². The molecule has 49 heteroatoms. The second kappa shape index (κ2) is 39.1. The van der Waals surface area contributed by atoms with Crippen LogP contribution in [0.5, 0.6) is 0 Å². The molecule has 9 heterocycles. The van der Waals surface area contributed by atoms with Crippen LogP contribution in [-0.4, -0.2) is 486 Å². The van der Waals surface area contributed by atoms with E-state index in [0.717, 1.165) is 20.8 Å². The van der Waals surface area contributed by atoms with Gasteiger partial charge in [0.25, 0.3) is 0 Å². The van der Waals surface area contributed by atoms with Crippen LogP contribution in [0.4, 0.5) is 0 Å². The maximum Gasteiger partial charge on any atom is 0.217 e. The lowest BCUT2D eigenvalue weighted by Crippen LogP contribution is -2.71. The van der Waals surface area contributed by atoms with Crippen molar-refractivity contribution in [2.24, 2.45) is 0 Å². The molecule has 0 bridgehead atoms. The molecular weight excluding hydrogens is 1500 g/mol. The minimum absolute atomic E-state index is 0.784. The molecule has 0 aliphatic carbocycles. The number of hydrogen-bond donors (Lipinski definition) is 29. The first-order valence-corrected chi connectivity index (χ1v) is 34.6. The molecule has 632 valence electrons. The summed E-state index contributed by atoms with van der Waals surface area (Å²) >= 11 is 0. The van der Waals surface area contributed by atoms with Gasteiger partial charge in [0, 0.05) is 20.8 Å². The van der Waals surface area contributed by atoms with Crippen LogP contribution in [0, 0.1) is 0 Å². The van der Waals surface area contributed by atoms with Gasteiger partial charge in [-0.25, -0.2) is 0 Å². The quantitative estimate of drug-likeness (QED) is 0.0346. The fraction of sp³-hybridized carbons (Fsp3) is 0.950. The van der Waals surface area contributed by atoms with Gasteiger partial charge in [-0.1, -0.05) is 0 Å². The summed E-state index contributed by atoms with van der Waals surface area (Å²) in [4.78, 5) is 38.0. The summed E-state index contributed by atoms with van der Waals surface area (Å²) < 4.78 is 99.5.